The molecule has 1 heterocycles. The van der Waals surface area contributed by atoms with Crippen molar-refractivity contribution in [3.8, 4) is 5.75 Å². The summed E-state index contributed by atoms with van der Waals surface area (Å²) < 4.78 is 10.3. The Bertz CT molecular complexity index is 1160. The molecular formula is C23H21ClN2O5S. The smallest absolute Gasteiger partial charge is 0.341 e. The summed E-state index contributed by atoms with van der Waals surface area (Å²) in [6, 6.07) is 13.3. The van der Waals surface area contributed by atoms with Gasteiger partial charge in [-0.1, -0.05) is 17.7 Å². The molecule has 0 unspecified atom stereocenters. The Hall–Kier alpha value is -3.36. The van der Waals surface area contributed by atoms with Crippen LogP contribution in [0.3, 0.4) is 0 Å². The van der Waals surface area contributed by atoms with Gasteiger partial charge < -0.3 is 20.1 Å². The van der Waals surface area contributed by atoms with Crippen LogP contribution < -0.4 is 15.4 Å². The standard InChI is InChI=1S/C23H21ClN2O5S/c1-4-31-17-10-8-16(9-11-17)25-21(28)19-13(2)18(23(29)30-3)22(32-19)26-20(27)14-6-5-7-15(24)12-14/h5-12H,4H2,1-3H3,(H,25,28)(H,26,27). The minimum Gasteiger partial charge on any atom is -0.494 e. The molecule has 0 atom stereocenters. The zero-order chi connectivity index (χ0) is 23.3. The molecule has 0 saturated heterocycles. The quantitative estimate of drug-likeness (QED) is 0.449. The number of carbonyl (C=O) groups is 3. The lowest BCUT2D eigenvalue weighted by molar-refractivity contribution is 0.0601. The van der Waals surface area contributed by atoms with Crippen molar-refractivity contribution < 1.29 is 23.9 Å². The highest BCUT2D eigenvalue weighted by Crippen LogP contribution is 2.34. The first-order chi connectivity index (χ1) is 15.3. The largest absolute Gasteiger partial charge is 0.494 e. The van der Waals surface area contributed by atoms with Crippen molar-refractivity contribution in [2.45, 2.75) is 13.8 Å². The summed E-state index contributed by atoms with van der Waals surface area (Å²) in [5, 5.41) is 6.11. The molecule has 2 amide bonds. The number of carbonyl (C=O) groups excluding carboxylic acids is 3. The van der Waals surface area contributed by atoms with E-state index in [9.17, 15) is 14.4 Å². The van der Waals surface area contributed by atoms with Gasteiger partial charge in [-0.05, 0) is 61.9 Å². The number of esters is 1. The Morgan fingerprint density at radius 3 is 2.38 bits per heavy atom. The molecule has 3 aromatic rings. The van der Waals surface area contributed by atoms with Gasteiger partial charge in [0.05, 0.1) is 24.2 Å². The first kappa shape index (κ1) is 23.3. The fraction of sp³-hybridized carbons (Fsp3) is 0.174. The fourth-order valence-corrected chi connectivity index (χ4v) is 4.24. The highest BCUT2D eigenvalue weighted by molar-refractivity contribution is 7.19. The molecule has 3 rings (SSSR count). The van der Waals surface area contributed by atoms with E-state index >= 15 is 0 Å². The molecule has 0 saturated carbocycles. The first-order valence-electron chi connectivity index (χ1n) is 9.66. The van der Waals surface area contributed by atoms with Crippen molar-refractivity contribution in [3.05, 3.63) is 75.1 Å². The summed E-state index contributed by atoms with van der Waals surface area (Å²) in [5.41, 5.74) is 1.42. The topological polar surface area (TPSA) is 93.7 Å². The maximum atomic E-state index is 12.9. The number of methoxy groups -OCH3 is 1. The summed E-state index contributed by atoms with van der Waals surface area (Å²) in [5.74, 6) is -0.834. The Morgan fingerprint density at radius 2 is 1.75 bits per heavy atom. The second-order valence-corrected chi connectivity index (χ2v) is 8.08. The van der Waals surface area contributed by atoms with Gasteiger partial charge in [-0.3, -0.25) is 9.59 Å². The molecule has 166 valence electrons. The number of halogens is 1. The van der Waals surface area contributed by atoms with Gasteiger partial charge in [-0.25, -0.2) is 4.79 Å². The van der Waals surface area contributed by atoms with Crippen LogP contribution in [0, 0.1) is 6.92 Å². The molecule has 1 aromatic heterocycles. The molecule has 0 bridgehead atoms. The van der Waals surface area contributed by atoms with Crippen molar-refractivity contribution in [1.29, 1.82) is 0 Å². The number of ether oxygens (including phenoxy) is 2. The molecule has 2 aromatic carbocycles. The molecule has 0 spiro atoms. The molecule has 9 heteroatoms. The lowest BCUT2D eigenvalue weighted by Crippen LogP contribution is -2.14. The Labute approximate surface area is 194 Å². The number of hydrogen-bond donors (Lipinski definition) is 2. The van der Waals surface area contributed by atoms with Crippen LogP contribution in [0.1, 0.15) is 42.9 Å². The lowest BCUT2D eigenvalue weighted by atomic mass is 10.1. The Morgan fingerprint density at radius 1 is 1.03 bits per heavy atom. The maximum Gasteiger partial charge on any atom is 0.341 e. The van der Waals surface area contributed by atoms with Gasteiger partial charge in [-0.2, -0.15) is 0 Å². The van der Waals surface area contributed by atoms with E-state index < -0.39 is 17.8 Å². The fourth-order valence-electron chi connectivity index (χ4n) is 2.96. The Balaban J connectivity index is 1.88. The van der Waals surface area contributed by atoms with E-state index in [1.54, 1.807) is 49.4 Å². The van der Waals surface area contributed by atoms with E-state index in [1.807, 2.05) is 6.92 Å². The summed E-state index contributed by atoms with van der Waals surface area (Å²) in [7, 11) is 1.24. The molecule has 32 heavy (non-hydrogen) atoms. The van der Waals surface area contributed by atoms with Gasteiger partial charge in [0.25, 0.3) is 11.8 Å². The van der Waals surface area contributed by atoms with Crippen LogP contribution in [0.2, 0.25) is 5.02 Å². The van der Waals surface area contributed by atoms with E-state index in [2.05, 4.69) is 10.6 Å². The van der Waals surface area contributed by atoms with Gasteiger partial charge in [0, 0.05) is 16.3 Å². The van der Waals surface area contributed by atoms with Gasteiger partial charge in [0.1, 0.15) is 10.8 Å². The Kier molecular flexibility index (Phi) is 7.50. The summed E-state index contributed by atoms with van der Waals surface area (Å²) in [4.78, 5) is 38.2. The third-order valence-electron chi connectivity index (χ3n) is 4.48. The van der Waals surface area contributed by atoms with Crippen LogP contribution in [0.5, 0.6) is 5.75 Å². The second kappa shape index (κ2) is 10.3. The minimum absolute atomic E-state index is 0.129. The van der Waals surface area contributed by atoms with Crippen molar-refractivity contribution >= 4 is 51.4 Å². The summed E-state index contributed by atoms with van der Waals surface area (Å²) >= 11 is 6.95. The van der Waals surface area contributed by atoms with Gasteiger partial charge in [0.2, 0.25) is 0 Å². The molecule has 0 aliphatic heterocycles. The predicted molar refractivity (Wildman–Crippen MR) is 125 cm³/mol. The van der Waals surface area contributed by atoms with Crippen molar-refractivity contribution in [1.82, 2.24) is 0 Å². The second-order valence-electron chi connectivity index (χ2n) is 6.63. The molecular weight excluding hydrogens is 452 g/mol. The van der Waals surface area contributed by atoms with E-state index in [4.69, 9.17) is 21.1 Å². The molecule has 2 N–H and O–H groups in total. The molecule has 0 radical (unpaired) electrons. The number of nitrogens with one attached hydrogen (secondary N) is 2. The number of anilines is 2. The normalized spacial score (nSPS) is 10.4. The van der Waals surface area contributed by atoms with Crippen molar-refractivity contribution in [3.63, 3.8) is 0 Å². The average molecular weight is 473 g/mol. The predicted octanol–water partition coefficient (Wildman–Crippen LogP) is 5.40. The average Bonchev–Trinajstić information content (AvgIpc) is 3.10. The highest BCUT2D eigenvalue weighted by Gasteiger charge is 2.26. The zero-order valence-electron chi connectivity index (χ0n) is 17.7. The highest BCUT2D eigenvalue weighted by atomic mass is 35.5. The number of hydrogen-bond acceptors (Lipinski definition) is 6. The van der Waals surface area contributed by atoms with E-state index in [1.165, 1.54) is 13.2 Å². The van der Waals surface area contributed by atoms with Crippen molar-refractivity contribution in [2.24, 2.45) is 0 Å². The first-order valence-corrected chi connectivity index (χ1v) is 10.9. The number of thiophene rings is 1. The lowest BCUT2D eigenvalue weighted by Gasteiger charge is -2.07. The van der Waals surface area contributed by atoms with Crippen LogP contribution in [0.25, 0.3) is 0 Å². The van der Waals surface area contributed by atoms with Gasteiger partial charge >= 0.3 is 5.97 Å². The molecule has 0 aliphatic rings. The van der Waals surface area contributed by atoms with Crippen LogP contribution in [-0.2, 0) is 4.74 Å². The number of rotatable bonds is 7. The van der Waals surface area contributed by atoms with Crippen LogP contribution >= 0.6 is 22.9 Å². The van der Waals surface area contributed by atoms with Gasteiger partial charge in [-0.15, -0.1) is 11.3 Å². The van der Waals surface area contributed by atoms with Crippen LogP contribution in [-0.4, -0.2) is 31.5 Å². The minimum atomic E-state index is -0.653. The maximum absolute atomic E-state index is 12.9. The van der Waals surface area contributed by atoms with Gasteiger partial charge in [0.15, 0.2) is 0 Å². The summed E-state index contributed by atoms with van der Waals surface area (Å²) in [6.07, 6.45) is 0. The van der Waals surface area contributed by atoms with E-state index in [-0.39, 0.29) is 15.4 Å². The van der Waals surface area contributed by atoms with Crippen LogP contribution in [0.15, 0.2) is 48.5 Å². The molecule has 0 aliphatic carbocycles. The third kappa shape index (κ3) is 5.27. The van der Waals surface area contributed by atoms with Crippen molar-refractivity contribution in [2.75, 3.05) is 24.4 Å². The van der Waals surface area contributed by atoms with E-state index in [0.29, 0.717) is 34.2 Å². The number of benzene rings is 2. The summed E-state index contributed by atoms with van der Waals surface area (Å²) in [6.45, 7) is 4.06. The zero-order valence-corrected chi connectivity index (χ0v) is 19.2. The third-order valence-corrected chi connectivity index (χ3v) is 5.92. The number of amides is 2. The molecule has 0 fully saturated rings. The SMILES string of the molecule is CCOc1ccc(NC(=O)c2sc(NC(=O)c3cccc(Cl)c3)c(C(=O)OC)c2C)cc1. The molecule has 7 nitrogen and oxygen atoms in total. The van der Waals surface area contributed by atoms with Crippen LogP contribution in [0.4, 0.5) is 10.7 Å². The monoisotopic (exact) mass is 472 g/mol. The van der Waals surface area contributed by atoms with E-state index in [0.717, 1.165) is 11.3 Å².